The summed E-state index contributed by atoms with van der Waals surface area (Å²) in [6, 6.07) is 0. The molecule has 9 atom stereocenters. The van der Waals surface area contributed by atoms with E-state index in [2.05, 4.69) is 50.4 Å². The number of hydrogen-bond acceptors (Lipinski definition) is 8. The average molecular weight is 625 g/mol. The van der Waals surface area contributed by atoms with Crippen molar-refractivity contribution in [3.8, 4) is 0 Å². The number of ether oxygens (including phenoxy) is 4. The van der Waals surface area contributed by atoms with Gasteiger partial charge < -0.3 is 24.1 Å². The van der Waals surface area contributed by atoms with Crippen molar-refractivity contribution in [2.24, 2.45) is 22.9 Å². The topological polar surface area (TPSA) is 116 Å². The number of hydrazone groups is 1. The van der Waals surface area contributed by atoms with Crippen molar-refractivity contribution in [3.63, 3.8) is 0 Å². The standard InChI is InChI=1S/C36H52N2O7/c1-7-10-31(39)37-38-32-25(6)18-29-34(40)43-28-19-27(44-35(20-28)16-15-24(5)30(8-2)45-35)14-13-23(4)17-22(3)11-9-12-26-21-42-33(32)36(26,29)41/h9,11-13,18,22,24,27-30,33,41H,7-8,10,14-17,19-21H2,1-6H3,(H,37,39)/b11-9+,23-13+,26-12+,38-32+/t22-,24-,27+,28-,29-,30+,33+,35+,36+/m0/s1. The molecule has 3 saturated heterocycles. The van der Waals surface area contributed by atoms with Crippen molar-refractivity contribution in [1.29, 1.82) is 0 Å². The van der Waals surface area contributed by atoms with Crippen LogP contribution in [0, 0.1) is 17.8 Å². The third-order valence-corrected chi connectivity index (χ3v) is 10.1. The number of nitrogens with one attached hydrogen (secondary N) is 1. The van der Waals surface area contributed by atoms with E-state index in [-0.39, 0.29) is 30.6 Å². The van der Waals surface area contributed by atoms with E-state index in [9.17, 15) is 14.7 Å². The summed E-state index contributed by atoms with van der Waals surface area (Å²) < 4.78 is 25.9. The van der Waals surface area contributed by atoms with E-state index < -0.39 is 35.5 Å². The van der Waals surface area contributed by atoms with Crippen molar-refractivity contribution in [1.82, 2.24) is 5.43 Å². The highest BCUT2D eigenvalue weighted by molar-refractivity contribution is 6.07. The summed E-state index contributed by atoms with van der Waals surface area (Å²) in [6.45, 7) is 12.5. The molecular weight excluding hydrogens is 572 g/mol. The van der Waals surface area contributed by atoms with E-state index in [4.69, 9.17) is 18.9 Å². The summed E-state index contributed by atoms with van der Waals surface area (Å²) in [5.41, 5.74) is 3.79. The molecule has 0 radical (unpaired) electrons. The van der Waals surface area contributed by atoms with Crippen LogP contribution in [0.3, 0.4) is 0 Å². The summed E-state index contributed by atoms with van der Waals surface area (Å²) in [4.78, 5) is 26.4. The summed E-state index contributed by atoms with van der Waals surface area (Å²) >= 11 is 0. The van der Waals surface area contributed by atoms with Crippen molar-refractivity contribution < 1.29 is 33.6 Å². The summed E-state index contributed by atoms with van der Waals surface area (Å²) in [5.74, 6) is -1.86. The quantitative estimate of drug-likeness (QED) is 0.230. The zero-order valence-electron chi connectivity index (χ0n) is 27.8. The molecule has 248 valence electrons. The van der Waals surface area contributed by atoms with Gasteiger partial charge in [0, 0.05) is 25.7 Å². The Labute approximate surface area is 268 Å². The molecule has 0 aromatic carbocycles. The van der Waals surface area contributed by atoms with E-state index in [1.807, 2.05) is 26.0 Å². The first-order valence-corrected chi connectivity index (χ1v) is 17.0. The molecule has 1 amide bonds. The Morgan fingerprint density at radius 3 is 2.73 bits per heavy atom. The Bertz CT molecular complexity index is 1280. The van der Waals surface area contributed by atoms with Crippen molar-refractivity contribution in [3.05, 3.63) is 47.1 Å². The fourth-order valence-electron chi connectivity index (χ4n) is 7.64. The maximum absolute atomic E-state index is 14.2. The predicted molar refractivity (Wildman–Crippen MR) is 172 cm³/mol. The minimum absolute atomic E-state index is 0.0841. The second-order valence-corrected chi connectivity index (χ2v) is 13.9. The van der Waals surface area contributed by atoms with Crippen LogP contribution in [0.5, 0.6) is 0 Å². The van der Waals surface area contributed by atoms with Gasteiger partial charge >= 0.3 is 5.97 Å². The molecule has 5 aliphatic rings. The van der Waals surface area contributed by atoms with Gasteiger partial charge in [-0.15, -0.1) is 0 Å². The number of esters is 1. The monoisotopic (exact) mass is 624 g/mol. The molecule has 1 spiro atoms. The molecule has 0 saturated carbocycles. The Morgan fingerprint density at radius 2 is 1.98 bits per heavy atom. The van der Waals surface area contributed by atoms with Gasteiger partial charge in [0.25, 0.3) is 0 Å². The van der Waals surface area contributed by atoms with Gasteiger partial charge in [-0.25, -0.2) is 5.43 Å². The average Bonchev–Trinajstić information content (AvgIpc) is 3.32. The summed E-state index contributed by atoms with van der Waals surface area (Å²) in [5, 5.41) is 16.9. The lowest BCUT2D eigenvalue weighted by Gasteiger charge is -2.49. The molecule has 3 fully saturated rings. The number of hydrogen-bond donors (Lipinski definition) is 2. The SMILES string of the molecule is CCCC(=O)N/N=C1\C(C)=C[C@H]2C(=O)O[C@H]3C[C@@H](C/C=C(\C)C[C@@H](C)/C=C/C=C4\CO[C@H]1[C@@]42O)O[C@@]1(CC[C@H](C)[C@@H](CC)O1)C3. The Kier molecular flexibility index (Phi) is 10.5. The minimum Gasteiger partial charge on any atom is -0.462 e. The number of aliphatic hydroxyl groups is 1. The second kappa shape index (κ2) is 14.0. The van der Waals surface area contributed by atoms with E-state index in [1.165, 1.54) is 5.57 Å². The van der Waals surface area contributed by atoms with E-state index in [1.54, 1.807) is 6.08 Å². The van der Waals surface area contributed by atoms with Gasteiger partial charge in [-0.1, -0.05) is 63.6 Å². The van der Waals surface area contributed by atoms with Crippen LogP contribution in [0.4, 0.5) is 0 Å². The third kappa shape index (κ3) is 7.22. The molecule has 2 bridgehead atoms. The number of carbonyl (C=O) groups excluding carboxylic acids is 2. The number of amides is 1. The lowest BCUT2D eigenvalue weighted by Crippen LogP contribution is -2.57. The molecular formula is C36H52N2O7. The molecule has 4 heterocycles. The Hall–Kier alpha value is -2.59. The normalized spacial score (nSPS) is 42.9. The van der Waals surface area contributed by atoms with Gasteiger partial charge in [-0.2, -0.15) is 5.10 Å². The molecule has 1 aliphatic carbocycles. The number of carbonyl (C=O) groups is 2. The van der Waals surface area contributed by atoms with Gasteiger partial charge in [0.05, 0.1) is 24.5 Å². The van der Waals surface area contributed by atoms with Gasteiger partial charge in [0.2, 0.25) is 5.91 Å². The van der Waals surface area contributed by atoms with Crippen LogP contribution in [-0.2, 0) is 28.5 Å². The lowest BCUT2D eigenvalue weighted by molar-refractivity contribution is -0.335. The van der Waals surface area contributed by atoms with Crippen molar-refractivity contribution in [2.45, 2.75) is 135 Å². The van der Waals surface area contributed by atoms with E-state index in [0.717, 1.165) is 25.7 Å². The van der Waals surface area contributed by atoms with Gasteiger partial charge in [0.1, 0.15) is 23.7 Å². The van der Waals surface area contributed by atoms with Gasteiger partial charge in [-0.3, -0.25) is 9.59 Å². The van der Waals surface area contributed by atoms with Gasteiger partial charge in [0.15, 0.2) is 5.79 Å². The number of fused-ring (bicyclic) bond motifs is 2. The maximum atomic E-state index is 14.2. The number of allylic oxidation sites excluding steroid dienone is 4. The zero-order valence-corrected chi connectivity index (χ0v) is 27.8. The Morgan fingerprint density at radius 1 is 1.18 bits per heavy atom. The highest BCUT2D eigenvalue weighted by atomic mass is 16.7. The smallest absolute Gasteiger partial charge is 0.316 e. The van der Waals surface area contributed by atoms with Crippen LogP contribution in [0.2, 0.25) is 0 Å². The van der Waals surface area contributed by atoms with E-state index in [0.29, 0.717) is 54.9 Å². The molecule has 45 heavy (non-hydrogen) atoms. The van der Waals surface area contributed by atoms with Crippen LogP contribution in [0.25, 0.3) is 0 Å². The summed E-state index contributed by atoms with van der Waals surface area (Å²) in [7, 11) is 0. The number of rotatable bonds is 4. The largest absolute Gasteiger partial charge is 0.462 e. The van der Waals surface area contributed by atoms with E-state index >= 15 is 0 Å². The molecule has 2 N–H and O–H groups in total. The van der Waals surface area contributed by atoms with Crippen LogP contribution in [0.15, 0.2) is 52.2 Å². The number of nitrogens with zero attached hydrogens (tertiary/aromatic N) is 1. The molecule has 0 aromatic heterocycles. The Balaban J connectivity index is 1.52. The zero-order chi connectivity index (χ0) is 32.4. The third-order valence-electron chi connectivity index (χ3n) is 10.1. The maximum Gasteiger partial charge on any atom is 0.316 e. The highest BCUT2D eigenvalue weighted by Crippen LogP contribution is 2.46. The highest BCUT2D eigenvalue weighted by Gasteiger charge is 2.59. The predicted octanol–water partition coefficient (Wildman–Crippen LogP) is 5.84. The molecule has 9 heteroatoms. The van der Waals surface area contributed by atoms with Crippen LogP contribution >= 0.6 is 0 Å². The second-order valence-electron chi connectivity index (χ2n) is 13.9. The molecule has 0 unspecified atom stereocenters. The molecule has 0 aromatic rings. The van der Waals surface area contributed by atoms with Gasteiger partial charge in [-0.05, 0) is 68.9 Å². The fourth-order valence-corrected chi connectivity index (χ4v) is 7.64. The van der Waals surface area contributed by atoms with Crippen LogP contribution in [-0.4, -0.2) is 65.1 Å². The first-order valence-electron chi connectivity index (χ1n) is 17.0. The molecule has 4 aliphatic heterocycles. The first kappa shape index (κ1) is 33.8. The van der Waals surface area contributed by atoms with Crippen LogP contribution < -0.4 is 5.43 Å². The molecule has 5 rings (SSSR count). The van der Waals surface area contributed by atoms with Crippen molar-refractivity contribution >= 4 is 17.6 Å². The lowest BCUT2D eigenvalue weighted by atomic mass is 9.71. The van der Waals surface area contributed by atoms with Crippen molar-refractivity contribution in [2.75, 3.05) is 6.61 Å². The molecule has 9 nitrogen and oxygen atoms in total. The first-order chi connectivity index (χ1) is 21.5. The summed E-state index contributed by atoms with van der Waals surface area (Å²) in [6.07, 6.45) is 14.7. The fraction of sp³-hybridized carbons (Fsp3) is 0.694. The van der Waals surface area contributed by atoms with Crippen LogP contribution in [0.1, 0.15) is 99.3 Å². The minimum atomic E-state index is -1.72.